The number of rotatable bonds is 8. The van der Waals surface area contributed by atoms with E-state index in [0.29, 0.717) is 25.0 Å². The maximum atomic E-state index is 6.12. The van der Waals surface area contributed by atoms with E-state index in [1.54, 1.807) is 0 Å². The highest BCUT2D eigenvalue weighted by atomic mass is 16.5. The molecule has 0 fully saturated rings. The monoisotopic (exact) mass is 396 g/mol. The Morgan fingerprint density at radius 1 is 0.667 bits per heavy atom. The third-order valence-electron chi connectivity index (χ3n) is 4.77. The van der Waals surface area contributed by atoms with E-state index in [-0.39, 0.29) is 0 Å². The molecule has 4 nitrogen and oxygen atoms in total. The van der Waals surface area contributed by atoms with Crippen molar-refractivity contribution in [1.82, 2.24) is 4.98 Å². The highest BCUT2D eigenvalue weighted by Crippen LogP contribution is 2.32. The number of anilines is 1. The summed E-state index contributed by atoms with van der Waals surface area (Å²) in [7, 11) is 1.91. The second-order valence-corrected chi connectivity index (χ2v) is 6.88. The van der Waals surface area contributed by atoms with Crippen molar-refractivity contribution in [3.8, 4) is 22.9 Å². The second kappa shape index (κ2) is 9.61. The first-order valence-corrected chi connectivity index (χ1v) is 9.94. The summed E-state index contributed by atoms with van der Waals surface area (Å²) >= 11 is 0. The topological polar surface area (TPSA) is 43.4 Å². The summed E-state index contributed by atoms with van der Waals surface area (Å²) in [5.74, 6) is 1.10. The van der Waals surface area contributed by atoms with Crippen molar-refractivity contribution in [2.75, 3.05) is 12.4 Å². The van der Waals surface area contributed by atoms with Crippen LogP contribution in [-0.2, 0) is 13.2 Å². The summed E-state index contributed by atoms with van der Waals surface area (Å²) < 4.78 is 12.0. The van der Waals surface area contributed by atoms with Gasteiger partial charge >= 0.3 is 0 Å². The van der Waals surface area contributed by atoms with E-state index in [4.69, 9.17) is 9.47 Å². The lowest BCUT2D eigenvalue weighted by atomic mass is 10.1. The fourth-order valence-corrected chi connectivity index (χ4v) is 3.11. The van der Waals surface area contributed by atoms with Gasteiger partial charge in [0.2, 0.25) is 11.8 Å². The van der Waals surface area contributed by atoms with Crippen molar-refractivity contribution in [2.24, 2.45) is 0 Å². The Morgan fingerprint density at radius 3 is 1.87 bits per heavy atom. The molecule has 0 spiro atoms. The summed E-state index contributed by atoms with van der Waals surface area (Å²) in [6.07, 6.45) is 0. The van der Waals surface area contributed by atoms with Gasteiger partial charge in [0.1, 0.15) is 13.2 Å². The van der Waals surface area contributed by atoms with Crippen molar-refractivity contribution in [3.05, 3.63) is 108 Å². The molecule has 3 aromatic carbocycles. The molecule has 150 valence electrons. The molecule has 0 bridgehead atoms. The predicted molar refractivity (Wildman–Crippen MR) is 121 cm³/mol. The van der Waals surface area contributed by atoms with Crippen LogP contribution in [0.3, 0.4) is 0 Å². The van der Waals surface area contributed by atoms with Gasteiger partial charge in [0.25, 0.3) is 0 Å². The Morgan fingerprint density at radius 2 is 1.27 bits per heavy atom. The largest absolute Gasteiger partial charge is 0.473 e. The lowest BCUT2D eigenvalue weighted by Gasteiger charge is -2.14. The third kappa shape index (κ3) is 4.97. The van der Waals surface area contributed by atoms with Crippen LogP contribution in [0.1, 0.15) is 11.1 Å². The molecule has 0 aliphatic rings. The smallest absolute Gasteiger partial charge is 0.225 e. The number of aromatic nitrogens is 1. The van der Waals surface area contributed by atoms with Gasteiger partial charge in [0.05, 0.1) is 0 Å². The van der Waals surface area contributed by atoms with Crippen molar-refractivity contribution >= 4 is 5.69 Å². The minimum atomic E-state index is 0.442. The molecule has 1 heterocycles. The van der Waals surface area contributed by atoms with E-state index in [1.165, 1.54) is 0 Å². The van der Waals surface area contributed by atoms with Gasteiger partial charge in [-0.25, -0.2) is 0 Å². The molecule has 0 unspecified atom stereocenters. The van der Waals surface area contributed by atoms with Crippen LogP contribution in [0.4, 0.5) is 5.69 Å². The van der Waals surface area contributed by atoms with Crippen molar-refractivity contribution in [3.63, 3.8) is 0 Å². The zero-order chi connectivity index (χ0) is 20.6. The van der Waals surface area contributed by atoms with E-state index < -0.39 is 0 Å². The number of nitrogens with one attached hydrogen (secondary N) is 1. The molecule has 4 aromatic rings. The zero-order valence-electron chi connectivity index (χ0n) is 16.9. The average Bonchev–Trinajstić information content (AvgIpc) is 2.83. The van der Waals surface area contributed by atoms with Crippen LogP contribution in [-0.4, -0.2) is 12.0 Å². The highest BCUT2D eigenvalue weighted by molar-refractivity contribution is 5.70. The van der Waals surface area contributed by atoms with Gasteiger partial charge in [0.15, 0.2) is 0 Å². The minimum Gasteiger partial charge on any atom is -0.473 e. The maximum absolute atomic E-state index is 6.12. The Bertz CT molecular complexity index is 1070. The van der Waals surface area contributed by atoms with E-state index in [9.17, 15) is 0 Å². The molecule has 0 amide bonds. The van der Waals surface area contributed by atoms with Crippen LogP contribution in [0, 0.1) is 0 Å². The van der Waals surface area contributed by atoms with E-state index >= 15 is 0 Å². The lowest BCUT2D eigenvalue weighted by Crippen LogP contribution is -2.02. The normalized spacial score (nSPS) is 10.4. The van der Waals surface area contributed by atoms with Crippen LogP contribution >= 0.6 is 0 Å². The molecule has 0 atom stereocenters. The Balaban J connectivity index is 1.58. The number of hydrogen-bond donors (Lipinski definition) is 1. The molecule has 0 aliphatic carbocycles. The number of hydrogen-bond acceptors (Lipinski definition) is 4. The minimum absolute atomic E-state index is 0.442. The molecule has 1 aromatic heterocycles. The Kier molecular flexibility index (Phi) is 6.25. The van der Waals surface area contributed by atoms with Crippen LogP contribution in [0.5, 0.6) is 11.8 Å². The molecule has 30 heavy (non-hydrogen) atoms. The van der Waals surface area contributed by atoms with E-state index in [2.05, 4.69) is 22.4 Å². The standard InChI is InChI=1S/C26H24N2O2/c1-27-23-14-12-22(13-15-23)24-16-17-25(29-18-20-8-4-2-5-9-20)28-26(24)30-19-21-10-6-3-7-11-21/h2-17,27H,18-19H2,1H3. The quantitative estimate of drug-likeness (QED) is 0.400. The molecule has 0 aliphatic heterocycles. The number of pyridine rings is 1. The van der Waals surface area contributed by atoms with Crippen molar-refractivity contribution in [1.29, 1.82) is 0 Å². The summed E-state index contributed by atoms with van der Waals surface area (Å²) in [5.41, 5.74) is 5.21. The fourth-order valence-electron chi connectivity index (χ4n) is 3.11. The molecule has 4 heteroatoms. The first-order valence-electron chi connectivity index (χ1n) is 9.94. The maximum Gasteiger partial charge on any atom is 0.225 e. The Labute approximate surface area is 177 Å². The second-order valence-electron chi connectivity index (χ2n) is 6.88. The van der Waals surface area contributed by atoms with Crippen LogP contribution < -0.4 is 14.8 Å². The van der Waals surface area contributed by atoms with Crippen molar-refractivity contribution < 1.29 is 9.47 Å². The SMILES string of the molecule is CNc1ccc(-c2ccc(OCc3ccccc3)nc2OCc2ccccc2)cc1. The summed E-state index contributed by atoms with van der Waals surface area (Å²) in [6.45, 7) is 0.903. The Hall–Kier alpha value is -3.79. The number of benzene rings is 3. The number of ether oxygens (including phenoxy) is 2. The van der Waals surface area contributed by atoms with E-state index in [1.807, 2.05) is 92.0 Å². The third-order valence-corrected chi connectivity index (χ3v) is 4.77. The van der Waals surface area contributed by atoms with Gasteiger partial charge in [-0.2, -0.15) is 4.98 Å². The van der Waals surface area contributed by atoms with Crippen LogP contribution in [0.25, 0.3) is 11.1 Å². The summed E-state index contributed by atoms with van der Waals surface area (Å²) in [4.78, 5) is 4.66. The fraction of sp³-hybridized carbons (Fsp3) is 0.115. The molecule has 0 saturated carbocycles. The highest BCUT2D eigenvalue weighted by Gasteiger charge is 2.11. The molecular formula is C26H24N2O2. The van der Waals surface area contributed by atoms with Gasteiger partial charge < -0.3 is 14.8 Å². The molecule has 1 N–H and O–H groups in total. The summed E-state index contributed by atoms with van der Waals surface area (Å²) in [6, 6.07) is 32.2. The first kappa shape index (κ1) is 19.5. The first-order chi connectivity index (χ1) is 14.8. The molecule has 0 radical (unpaired) electrons. The summed E-state index contributed by atoms with van der Waals surface area (Å²) in [5, 5.41) is 3.14. The van der Waals surface area contributed by atoms with Crippen LogP contribution in [0.2, 0.25) is 0 Å². The van der Waals surface area contributed by atoms with Crippen LogP contribution in [0.15, 0.2) is 97.1 Å². The van der Waals surface area contributed by atoms with Gasteiger partial charge in [0, 0.05) is 24.4 Å². The molecule has 0 saturated heterocycles. The van der Waals surface area contributed by atoms with Gasteiger partial charge in [-0.3, -0.25) is 0 Å². The number of nitrogens with zero attached hydrogens (tertiary/aromatic N) is 1. The molecule has 4 rings (SSSR count). The average molecular weight is 396 g/mol. The predicted octanol–water partition coefficient (Wildman–Crippen LogP) is 5.95. The molecular weight excluding hydrogens is 372 g/mol. The lowest BCUT2D eigenvalue weighted by molar-refractivity contribution is 0.268. The van der Waals surface area contributed by atoms with Gasteiger partial charge in [-0.05, 0) is 34.9 Å². The van der Waals surface area contributed by atoms with Gasteiger partial charge in [-0.1, -0.05) is 72.8 Å². The van der Waals surface area contributed by atoms with E-state index in [0.717, 1.165) is 27.9 Å². The van der Waals surface area contributed by atoms with Crippen molar-refractivity contribution in [2.45, 2.75) is 13.2 Å². The van der Waals surface area contributed by atoms with Gasteiger partial charge in [-0.15, -0.1) is 0 Å². The zero-order valence-corrected chi connectivity index (χ0v) is 16.9.